The Balaban J connectivity index is 1.74. The van der Waals surface area contributed by atoms with Crippen LogP contribution in [-0.2, 0) is 6.54 Å². The Kier molecular flexibility index (Phi) is 4.60. The van der Waals surface area contributed by atoms with Crippen LogP contribution in [0.1, 0.15) is 11.4 Å². The number of nitrogens with zero attached hydrogens (tertiary/aromatic N) is 3. The summed E-state index contributed by atoms with van der Waals surface area (Å²) in [6.45, 7) is 2.30. The zero-order valence-electron chi connectivity index (χ0n) is 12.9. The molecule has 0 aliphatic rings. The van der Waals surface area contributed by atoms with Crippen molar-refractivity contribution in [1.82, 2.24) is 15.0 Å². The standard InChI is InChI=1S/C17H15F2N5/c1-11-8-16(23-12-5-6-14(18)15(19)9-12)24-17(22-11)21-10-13-4-2-3-7-20-13/h2-9H,10H2,1H3,(H2,21,22,23,24). The first-order chi connectivity index (χ1) is 11.6. The average Bonchev–Trinajstić information content (AvgIpc) is 2.57. The van der Waals surface area contributed by atoms with Gasteiger partial charge in [-0.1, -0.05) is 6.07 Å². The van der Waals surface area contributed by atoms with Gasteiger partial charge in [-0.05, 0) is 31.2 Å². The highest BCUT2D eigenvalue weighted by molar-refractivity contribution is 5.57. The maximum Gasteiger partial charge on any atom is 0.225 e. The molecule has 1 aromatic carbocycles. The van der Waals surface area contributed by atoms with Gasteiger partial charge in [-0.2, -0.15) is 4.98 Å². The second kappa shape index (κ2) is 6.99. The predicted octanol–water partition coefficient (Wildman–Crippen LogP) is 3.81. The van der Waals surface area contributed by atoms with Crippen LogP contribution in [0.15, 0.2) is 48.7 Å². The molecule has 0 bridgehead atoms. The number of pyridine rings is 1. The zero-order chi connectivity index (χ0) is 16.9. The van der Waals surface area contributed by atoms with E-state index in [1.807, 2.05) is 25.1 Å². The van der Waals surface area contributed by atoms with E-state index in [9.17, 15) is 8.78 Å². The van der Waals surface area contributed by atoms with Crippen LogP contribution >= 0.6 is 0 Å². The molecule has 122 valence electrons. The molecule has 0 unspecified atom stereocenters. The fraction of sp³-hybridized carbons (Fsp3) is 0.118. The first kappa shape index (κ1) is 15.8. The second-order valence-electron chi connectivity index (χ2n) is 5.15. The number of benzene rings is 1. The topological polar surface area (TPSA) is 62.7 Å². The van der Waals surface area contributed by atoms with Crippen LogP contribution in [0.2, 0.25) is 0 Å². The van der Waals surface area contributed by atoms with Crippen molar-refractivity contribution >= 4 is 17.5 Å². The predicted molar refractivity (Wildman–Crippen MR) is 88.0 cm³/mol. The van der Waals surface area contributed by atoms with E-state index in [4.69, 9.17) is 0 Å². The van der Waals surface area contributed by atoms with Crippen molar-refractivity contribution in [1.29, 1.82) is 0 Å². The minimum Gasteiger partial charge on any atom is -0.349 e. The zero-order valence-corrected chi connectivity index (χ0v) is 12.9. The van der Waals surface area contributed by atoms with E-state index >= 15 is 0 Å². The highest BCUT2D eigenvalue weighted by atomic mass is 19.2. The number of hydrogen-bond donors (Lipinski definition) is 2. The van der Waals surface area contributed by atoms with E-state index in [0.29, 0.717) is 24.0 Å². The van der Waals surface area contributed by atoms with Gasteiger partial charge in [0.1, 0.15) is 5.82 Å². The largest absolute Gasteiger partial charge is 0.349 e. The minimum atomic E-state index is -0.917. The van der Waals surface area contributed by atoms with Gasteiger partial charge in [-0.25, -0.2) is 13.8 Å². The Hall–Kier alpha value is -3.09. The summed E-state index contributed by atoms with van der Waals surface area (Å²) in [5.74, 6) is -0.904. The molecule has 3 rings (SSSR count). The Morgan fingerprint density at radius 1 is 1.00 bits per heavy atom. The number of aryl methyl sites for hydroxylation is 1. The summed E-state index contributed by atoms with van der Waals surface area (Å²) in [5.41, 5.74) is 2.00. The molecule has 2 heterocycles. The molecule has 0 saturated heterocycles. The maximum absolute atomic E-state index is 13.3. The third-order valence-corrected chi connectivity index (χ3v) is 3.20. The van der Waals surface area contributed by atoms with Crippen LogP contribution in [0.4, 0.5) is 26.2 Å². The molecule has 2 aromatic heterocycles. The van der Waals surface area contributed by atoms with Gasteiger partial charge >= 0.3 is 0 Å². The van der Waals surface area contributed by atoms with E-state index in [1.165, 1.54) is 6.07 Å². The molecular formula is C17H15F2N5. The van der Waals surface area contributed by atoms with Crippen molar-refractivity contribution in [3.05, 3.63) is 71.7 Å². The molecule has 7 heteroatoms. The van der Waals surface area contributed by atoms with E-state index in [0.717, 1.165) is 23.5 Å². The van der Waals surface area contributed by atoms with Crippen molar-refractivity contribution in [2.45, 2.75) is 13.5 Å². The SMILES string of the molecule is Cc1cc(Nc2ccc(F)c(F)c2)nc(NCc2ccccn2)n1. The molecule has 0 atom stereocenters. The number of halogens is 2. The van der Waals surface area contributed by atoms with Crippen molar-refractivity contribution in [2.75, 3.05) is 10.6 Å². The normalized spacial score (nSPS) is 10.5. The van der Waals surface area contributed by atoms with Crippen LogP contribution in [0.25, 0.3) is 0 Å². The number of aromatic nitrogens is 3. The quantitative estimate of drug-likeness (QED) is 0.746. The van der Waals surface area contributed by atoms with E-state index in [1.54, 1.807) is 12.3 Å². The molecule has 0 amide bonds. The fourth-order valence-corrected chi connectivity index (χ4v) is 2.11. The lowest BCUT2D eigenvalue weighted by Crippen LogP contribution is -2.07. The number of hydrogen-bond acceptors (Lipinski definition) is 5. The van der Waals surface area contributed by atoms with Crippen molar-refractivity contribution < 1.29 is 8.78 Å². The van der Waals surface area contributed by atoms with Crippen molar-refractivity contribution in [2.24, 2.45) is 0 Å². The Morgan fingerprint density at radius 3 is 2.62 bits per heavy atom. The van der Waals surface area contributed by atoms with Crippen LogP contribution < -0.4 is 10.6 Å². The van der Waals surface area contributed by atoms with Gasteiger partial charge in [-0.3, -0.25) is 4.98 Å². The third-order valence-electron chi connectivity index (χ3n) is 3.20. The van der Waals surface area contributed by atoms with Crippen molar-refractivity contribution in [3.63, 3.8) is 0 Å². The molecule has 0 fully saturated rings. The van der Waals surface area contributed by atoms with Gasteiger partial charge in [0.05, 0.1) is 12.2 Å². The highest BCUT2D eigenvalue weighted by Gasteiger charge is 2.06. The monoisotopic (exact) mass is 327 g/mol. The highest BCUT2D eigenvalue weighted by Crippen LogP contribution is 2.19. The van der Waals surface area contributed by atoms with Gasteiger partial charge in [0.15, 0.2) is 11.6 Å². The molecule has 0 aliphatic heterocycles. The van der Waals surface area contributed by atoms with Crippen LogP contribution in [0, 0.1) is 18.6 Å². The van der Waals surface area contributed by atoms with Crippen LogP contribution in [0.3, 0.4) is 0 Å². The summed E-state index contributed by atoms with van der Waals surface area (Å²) >= 11 is 0. The lowest BCUT2D eigenvalue weighted by molar-refractivity contribution is 0.509. The number of anilines is 3. The van der Waals surface area contributed by atoms with Gasteiger partial charge in [-0.15, -0.1) is 0 Å². The smallest absolute Gasteiger partial charge is 0.225 e. The summed E-state index contributed by atoms with van der Waals surface area (Å²) in [6.07, 6.45) is 1.71. The van der Waals surface area contributed by atoms with Crippen LogP contribution in [0.5, 0.6) is 0 Å². The lowest BCUT2D eigenvalue weighted by Gasteiger charge is -2.10. The summed E-state index contributed by atoms with van der Waals surface area (Å²) < 4.78 is 26.3. The van der Waals surface area contributed by atoms with E-state index in [-0.39, 0.29) is 0 Å². The minimum absolute atomic E-state index is 0.405. The van der Waals surface area contributed by atoms with Gasteiger partial charge in [0.2, 0.25) is 5.95 Å². The van der Waals surface area contributed by atoms with E-state index in [2.05, 4.69) is 25.6 Å². The maximum atomic E-state index is 13.3. The average molecular weight is 327 g/mol. The summed E-state index contributed by atoms with van der Waals surface area (Å²) in [6, 6.07) is 10.9. The summed E-state index contributed by atoms with van der Waals surface area (Å²) in [7, 11) is 0. The Bertz CT molecular complexity index is 840. The van der Waals surface area contributed by atoms with Crippen LogP contribution in [-0.4, -0.2) is 15.0 Å². The Morgan fingerprint density at radius 2 is 1.88 bits per heavy atom. The molecule has 3 aromatic rings. The molecule has 0 aliphatic carbocycles. The molecule has 2 N–H and O–H groups in total. The van der Waals surface area contributed by atoms with Gasteiger partial charge in [0, 0.05) is 29.7 Å². The lowest BCUT2D eigenvalue weighted by atomic mass is 10.3. The first-order valence-corrected chi connectivity index (χ1v) is 7.32. The van der Waals surface area contributed by atoms with Gasteiger partial charge in [0.25, 0.3) is 0 Å². The number of rotatable bonds is 5. The molecule has 5 nitrogen and oxygen atoms in total. The molecule has 0 radical (unpaired) electrons. The second-order valence-corrected chi connectivity index (χ2v) is 5.15. The first-order valence-electron chi connectivity index (χ1n) is 7.32. The van der Waals surface area contributed by atoms with E-state index < -0.39 is 11.6 Å². The van der Waals surface area contributed by atoms with Crippen molar-refractivity contribution in [3.8, 4) is 0 Å². The summed E-state index contributed by atoms with van der Waals surface area (Å²) in [5, 5.41) is 6.03. The third kappa shape index (κ3) is 4.01. The fourth-order valence-electron chi connectivity index (χ4n) is 2.11. The number of nitrogens with one attached hydrogen (secondary N) is 2. The van der Waals surface area contributed by atoms with Gasteiger partial charge < -0.3 is 10.6 Å². The Labute approximate surface area is 137 Å². The molecular weight excluding hydrogens is 312 g/mol. The molecule has 24 heavy (non-hydrogen) atoms. The molecule has 0 spiro atoms. The summed E-state index contributed by atoms with van der Waals surface area (Å²) in [4.78, 5) is 12.8. The molecule has 0 saturated carbocycles.